The van der Waals surface area contributed by atoms with Gasteiger partial charge < -0.3 is 14.8 Å². The third-order valence-electron chi connectivity index (χ3n) is 1.24. The van der Waals surface area contributed by atoms with Gasteiger partial charge in [0.1, 0.15) is 0 Å². The number of carbonyl (C=O) groups is 1. The second kappa shape index (κ2) is 3.41. The number of carbonyl (C=O) groups excluding carboxylic acids is 1. The SMILES string of the molecule is CCOC(=O)NC1COC1. The molecule has 1 amide bonds. The Morgan fingerprint density at radius 2 is 2.50 bits per heavy atom. The molecule has 0 radical (unpaired) electrons. The number of hydrogen-bond acceptors (Lipinski definition) is 3. The summed E-state index contributed by atoms with van der Waals surface area (Å²) in [6.45, 7) is 3.41. The molecule has 4 heteroatoms. The van der Waals surface area contributed by atoms with Gasteiger partial charge in [0.15, 0.2) is 0 Å². The average molecular weight is 145 g/mol. The number of alkyl carbamates (subject to hydrolysis) is 1. The molecule has 1 fully saturated rings. The normalized spacial score (nSPS) is 17.7. The van der Waals surface area contributed by atoms with Gasteiger partial charge in [0.25, 0.3) is 0 Å². The van der Waals surface area contributed by atoms with E-state index in [-0.39, 0.29) is 12.1 Å². The maximum atomic E-state index is 10.7. The van der Waals surface area contributed by atoms with Crippen LogP contribution < -0.4 is 5.32 Å². The van der Waals surface area contributed by atoms with Gasteiger partial charge in [0.2, 0.25) is 0 Å². The van der Waals surface area contributed by atoms with Gasteiger partial charge in [0, 0.05) is 0 Å². The predicted octanol–water partition coefficient (Wildman–Crippen LogP) is 0.131. The van der Waals surface area contributed by atoms with Crippen LogP contribution in [0.25, 0.3) is 0 Å². The number of rotatable bonds is 2. The molecule has 0 aliphatic carbocycles. The van der Waals surface area contributed by atoms with Crippen molar-refractivity contribution in [2.24, 2.45) is 0 Å². The lowest BCUT2D eigenvalue weighted by atomic mass is 10.3. The van der Waals surface area contributed by atoms with Gasteiger partial charge in [-0.2, -0.15) is 0 Å². The van der Waals surface area contributed by atoms with E-state index in [0.29, 0.717) is 19.8 Å². The maximum absolute atomic E-state index is 10.7. The second-order valence-corrected chi connectivity index (χ2v) is 2.10. The number of nitrogens with one attached hydrogen (secondary N) is 1. The Labute approximate surface area is 59.5 Å². The van der Waals surface area contributed by atoms with Crippen LogP contribution in [-0.2, 0) is 9.47 Å². The molecule has 0 spiro atoms. The van der Waals surface area contributed by atoms with Gasteiger partial charge in [-0.1, -0.05) is 0 Å². The van der Waals surface area contributed by atoms with Crippen LogP contribution in [0.15, 0.2) is 0 Å². The molecule has 1 saturated heterocycles. The van der Waals surface area contributed by atoms with Crippen LogP contribution in [0.2, 0.25) is 0 Å². The van der Waals surface area contributed by atoms with E-state index in [1.807, 2.05) is 0 Å². The van der Waals surface area contributed by atoms with E-state index in [9.17, 15) is 4.79 Å². The van der Waals surface area contributed by atoms with Crippen LogP contribution in [0.1, 0.15) is 6.92 Å². The molecule has 1 aliphatic heterocycles. The molecule has 0 aromatic carbocycles. The molecular formula is C6H11NO3. The van der Waals surface area contributed by atoms with Crippen molar-refractivity contribution >= 4 is 6.09 Å². The standard InChI is InChI=1S/C6H11NO3/c1-2-10-6(8)7-5-3-9-4-5/h5H,2-4H2,1H3,(H,7,8). The molecule has 1 aliphatic rings. The highest BCUT2D eigenvalue weighted by Crippen LogP contribution is 1.99. The highest BCUT2D eigenvalue weighted by Gasteiger charge is 2.20. The minimum Gasteiger partial charge on any atom is -0.450 e. The lowest BCUT2D eigenvalue weighted by Gasteiger charge is -2.26. The van der Waals surface area contributed by atoms with E-state index in [2.05, 4.69) is 10.1 Å². The first-order valence-corrected chi connectivity index (χ1v) is 3.34. The lowest BCUT2D eigenvalue weighted by molar-refractivity contribution is -0.00512. The molecular weight excluding hydrogens is 134 g/mol. The highest BCUT2D eigenvalue weighted by atomic mass is 16.6. The molecule has 0 aromatic heterocycles. The summed E-state index contributed by atoms with van der Waals surface area (Å²) in [5.74, 6) is 0. The van der Waals surface area contributed by atoms with Gasteiger partial charge in [-0.3, -0.25) is 0 Å². The van der Waals surface area contributed by atoms with Crippen molar-refractivity contribution < 1.29 is 14.3 Å². The van der Waals surface area contributed by atoms with Crippen LogP contribution in [0, 0.1) is 0 Å². The molecule has 1 rings (SSSR count). The van der Waals surface area contributed by atoms with E-state index in [1.165, 1.54) is 0 Å². The monoisotopic (exact) mass is 145 g/mol. The third-order valence-corrected chi connectivity index (χ3v) is 1.24. The summed E-state index contributed by atoms with van der Waals surface area (Å²) in [6.07, 6.45) is -0.351. The van der Waals surface area contributed by atoms with Crippen LogP contribution in [0.5, 0.6) is 0 Å². The molecule has 1 heterocycles. The Morgan fingerprint density at radius 3 is 2.90 bits per heavy atom. The molecule has 10 heavy (non-hydrogen) atoms. The van der Waals surface area contributed by atoms with E-state index < -0.39 is 0 Å². The van der Waals surface area contributed by atoms with Crippen molar-refractivity contribution in [2.75, 3.05) is 19.8 Å². The Hall–Kier alpha value is -0.770. The van der Waals surface area contributed by atoms with E-state index in [1.54, 1.807) is 6.92 Å². The maximum Gasteiger partial charge on any atom is 0.407 e. The van der Waals surface area contributed by atoms with Crippen molar-refractivity contribution in [3.63, 3.8) is 0 Å². The first-order chi connectivity index (χ1) is 4.83. The summed E-state index contributed by atoms with van der Waals surface area (Å²) in [5, 5.41) is 2.63. The topological polar surface area (TPSA) is 47.6 Å². The summed E-state index contributed by atoms with van der Waals surface area (Å²) in [4.78, 5) is 10.7. The lowest BCUT2D eigenvalue weighted by Crippen LogP contribution is -2.48. The van der Waals surface area contributed by atoms with Gasteiger partial charge in [-0.25, -0.2) is 4.79 Å². The molecule has 0 unspecified atom stereocenters. The van der Waals surface area contributed by atoms with Gasteiger partial charge in [-0.05, 0) is 6.92 Å². The minimum absolute atomic E-state index is 0.166. The van der Waals surface area contributed by atoms with Crippen LogP contribution in [0.3, 0.4) is 0 Å². The fraction of sp³-hybridized carbons (Fsp3) is 0.833. The fourth-order valence-electron chi connectivity index (χ4n) is 0.658. The number of ether oxygens (including phenoxy) is 2. The zero-order chi connectivity index (χ0) is 7.40. The first kappa shape index (κ1) is 7.34. The summed E-state index contributed by atoms with van der Waals surface area (Å²) in [7, 11) is 0. The van der Waals surface area contributed by atoms with Crippen molar-refractivity contribution in [3.8, 4) is 0 Å². The van der Waals surface area contributed by atoms with E-state index >= 15 is 0 Å². The van der Waals surface area contributed by atoms with Crippen LogP contribution in [0.4, 0.5) is 4.79 Å². The third kappa shape index (κ3) is 1.88. The zero-order valence-electron chi connectivity index (χ0n) is 5.92. The largest absolute Gasteiger partial charge is 0.450 e. The minimum atomic E-state index is -0.351. The smallest absolute Gasteiger partial charge is 0.407 e. The fourth-order valence-corrected chi connectivity index (χ4v) is 0.658. The molecule has 58 valence electrons. The number of hydrogen-bond donors (Lipinski definition) is 1. The molecule has 0 saturated carbocycles. The van der Waals surface area contributed by atoms with E-state index in [4.69, 9.17) is 4.74 Å². The molecule has 0 aromatic rings. The van der Waals surface area contributed by atoms with Crippen LogP contribution in [-0.4, -0.2) is 32.0 Å². The number of amides is 1. The first-order valence-electron chi connectivity index (χ1n) is 3.34. The van der Waals surface area contributed by atoms with E-state index in [0.717, 1.165) is 0 Å². The Bertz CT molecular complexity index is 122. The summed E-state index contributed by atoms with van der Waals surface area (Å²) >= 11 is 0. The summed E-state index contributed by atoms with van der Waals surface area (Å²) in [6, 6.07) is 0.166. The second-order valence-electron chi connectivity index (χ2n) is 2.10. The summed E-state index contributed by atoms with van der Waals surface area (Å²) in [5.41, 5.74) is 0. The Balaban J connectivity index is 2.05. The molecule has 0 atom stereocenters. The average Bonchev–Trinajstić information content (AvgIpc) is 1.80. The van der Waals surface area contributed by atoms with Crippen molar-refractivity contribution in [1.82, 2.24) is 5.32 Å². The van der Waals surface area contributed by atoms with Crippen molar-refractivity contribution in [2.45, 2.75) is 13.0 Å². The molecule has 1 N–H and O–H groups in total. The predicted molar refractivity (Wildman–Crippen MR) is 34.8 cm³/mol. The van der Waals surface area contributed by atoms with Gasteiger partial charge in [0.05, 0.1) is 25.9 Å². The zero-order valence-corrected chi connectivity index (χ0v) is 5.92. The Kier molecular flexibility index (Phi) is 2.50. The van der Waals surface area contributed by atoms with Gasteiger partial charge in [-0.15, -0.1) is 0 Å². The highest BCUT2D eigenvalue weighted by molar-refractivity contribution is 5.67. The quantitative estimate of drug-likeness (QED) is 0.600. The van der Waals surface area contributed by atoms with Gasteiger partial charge >= 0.3 is 6.09 Å². The van der Waals surface area contributed by atoms with Crippen molar-refractivity contribution in [3.05, 3.63) is 0 Å². The molecule has 0 bridgehead atoms. The summed E-state index contributed by atoms with van der Waals surface area (Å²) < 4.78 is 9.49. The molecule has 4 nitrogen and oxygen atoms in total. The van der Waals surface area contributed by atoms with Crippen molar-refractivity contribution in [1.29, 1.82) is 0 Å². The van der Waals surface area contributed by atoms with Crippen LogP contribution >= 0.6 is 0 Å². The Morgan fingerprint density at radius 1 is 1.80 bits per heavy atom.